The zero-order chi connectivity index (χ0) is 19.9. The number of hydrogen-bond acceptors (Lipinski definition) is 3. The van der Waals surface area contributed by atoms with Crippen molar-refractivity contribution in [2.24, 2.45) is 0 Å². The number of hydrogen-bond donors (Lipinski definition) is 2. The van der Waals surface area contributed by atoms with Crippen LogP contribution in [0.3, 0.4) is 0 Å². The number of pyridine rings is 1. The lowest BCUT2D eigenvalue weighted by molar-refractivity contribution is 0.0949. The standard InChI is InChI=1S/C21H21F2N3O2/c22-15-8-4-9-16(23)19(15)26-21(28)18-11-5-10-17(25-18)20(27)24-13-12-14-6-2-1-3-7-14/h4-6,8-11H,1-3,7,12-13H2,(H,24,27)(H,26,28). The van der Waals surface area contributed by atoms with Crippen molar-refractivity contribution >= 4 is 17.5 Å². The first-order chi connectivity index (χ1) is 13.5. The van der Waals surface area contributed by atoms with Gasteiger partial charge in [0.1, 0.15) is 28.7 Å². The molecule has 28 heavy (non-hydrogen) atoms. The second-order valence-electron chi connectivity index (χ2n) is 6.57. The quantitative estimate of drug-likeness (QED) is 0.731. The number of amides is 2. The van der Waals surface area contributed by atoms with Crippen molar-refractivity contribution in [2.75, 3.05) is 11.9 Å². The average molecular weight is 385 g/mol. The van der Waals surface area contributed by atoms with Crippen LogP contribution in [0.5, 0.6) is 0 Å². The highest BCUT2D eigenvalue weighted by molar-refractivity contribution is 6.04. The maximum atomic E-state index is 13.7. The summed E-state index contributed by atoms with van der Waals surface area (Å²) in [4.78, 5) is 28.6. The van der Waals surface area contributed by atoms with Gasteiger partial charge in [0.25, 0.3) is 11.8 Å². The van der Waals surface area contributed by atoms with Gasteiger partial charge < -0.3 is 10.6 Å². The van der Waals surface area contributed by atoms with Crippen molar-refractivity contribution in [2.45, 2.75) is 32.1 Å². The molecular formula is C21H21F2N3O2. The summed E-state index contributed by atoms with van der Waals surface area (Å²) in [7, 11) is 0. The highest BCUT2D eigenvalue weighted by Gasteiger charge is 2.16. The fourth-order valence-corrected chi connectivity index (χ4v) is 3.04. The highest BCUT2D eigenvalue weighted by atomic mass is 19.1. The summed E-state index contributed by atoms with van der Waals surface area (Å²) >= 11 is 0. The van der Waals surface area contributed by atoms with E-state index in [1.54, 1.807) is 0 Å². The fraction of sp³-hybridized carbons (Fsp3) is 0.286. The van der Waals surface area contributed by atoms with Crippen molar-refractivity contribution in [1.29, 1.82) is 0 Å². The van der Waals surface area contributed by atoms with Gasteiger partial charge in [0.05, 0.1) is 0 Å². The van der Waals surface area contributed by atoms with E-state index in [9.17, 15) is 18.4 Å². The second-order valence-corrected chi connectivity index (χ2v) is 6.57. The van der Waals surface area contributed by atoms with Crippen LogP contribution in [-0.4, -0.2) is 23.3 Å². The van der Waals surface area contributed by atoms with Gasteiger partial charge in [0, 0.05) is 6.54 Å². The molecule has 1 aromatic heterocycles. The third-order valence-electron chi connectivity index (χ3n) is 4.53. The molecule has 1 aliphatic rings. The molecule has 0 fully saturated rings. The van der Waals surface area contributed by atoms with Crippen molar-refractivity contribution in [1.82, 2.24) is 10.3 Å². The van der Waals surface area contributed by atoms with Crippen LogP contribution < -0.4 is 10.6 Å². The Kier molecular flexibility index (Phi) is 6.47. The molecular weight excluding hydrogens is 364 g/mol. The van der Waals surface area contributed by atoms with Crippen LogP contribution in [0.2, 0.25) is 0 Å². The first-order valence-electron chi connectivity index (χ1n) is 9.23. The summed E-state index contributed by atoms with van der Waals surface area (Å²) in [6, 6.07) is 7.63. The Bertz CT molecular complexity index is 892. The molecule has 0 saturated heterocycles. The van der Waals surface area contributed by atoms with E-state index in [-0.39, 0.29) is 11.4 Å². The molecule has 0 spiro atoms. The fourth-order valence-electron chi connectivity index (χ4n) is 3.04. The van der Waals surface area contributed by atoms with Gasteiger partial charge in [0.15, 0.2) is 0 Å². The number of aromatic nitrogens is 1. The van der Waals surface area contributed by atoms with Gasteiger partial charge in [-0.25, -0.2) is 13.8 Å². The number of anilines is 1. The molecule has 0 saturated carbocycles. The van der Waals surface area contributed by atoms with Crippen molar-refractivity contribution in [3.63, 3.8) is 0 Å². The van der Waals surface area contributed by atoms with Gasteiger partial charge in [0.2, 0.25) is 0 Å². The first-order valence-corrected chi connectivity index (χ1v) is 9.23. The number of carbonyl (C=O) groups excluding carboxylic acids is 2. The molecule has 2 aromatic rings. The van der Waals surface area contributed by atoms with E-state index < -0.39 is 29.1 Å². The molecule has 2 amide bonds. The predicted molar refractivity (Wildman–Crippen MR) is 102 cm³/mol. The zero-order valence-electron chi connectivity index (χ0n) is 15.3. The smallest absolute Gasteiger partial charge is 0.274 e. The Morgan fingerprint density at radius 3 is 2.32 bits per heavy atom. The monoisotopic (exact) mass is 385 g/mol. The van der Waals surface area contributed by atoms with Gasteiger partial charge in [-0.1, -0.05) is 23.8 Å². The van der Waals surface area contributed by atoms with E-state index in [1.165, 1.54) is 42.7 Å². The number of nitrogens with zero attached hydrogens (tertiary/aromatic N) is 1. The summed E-state index contributed by atoms with van der Waals surface area (Å²) in [6.45, 7) is 0.489. The number of carbonyl (C=O) groups is 2. The molecule has 3 rings (SSSR count). The minimum absolute atomic E-state index is 0.0688. The van der Waals surface area contributed by atoms with Gasteiger partial charge in [-0.15, -0.1) is 0 Å². The molecule has 5 nitrogen and oxygen atoms in total. The van der Waals surface area contributed by atoms with E-state index in [1.807, 2.05) is 0 Å². The van der Waals surface area contributed by atoms with E-state index in [2.05, 4.69) is 21.7 Å². The average Bonchev–Trinajstić information content (AvgIpc) is 2.71. The van der Waals surface area contributed by atoms with E-state index in [4.69, 9.17) is 0 Å². The molecule has 1 aliphatic carbocycles. The Hall–Kier alpha value is -3.09. The molecule has 0 aliphatic heterocycles. The Morgan fingerprint density at radius 2 is 1.64 bits per heavy atom. The highest BCUT2D eigenvalue weighted by Crippen LogP contribution is 2.20. The van der Waals surface area contributed by atoms with E-state index in [0.717, 1.165) is 31.4 Å². The van der Waals surface area contributed by atoms with Crippen LogP contribution in [0.25, 0.3) is 0 Å². The molecule has 146 valence electrons. The van der Waals surface area contributed by atoms with Crippen LogP contribution in [0.15, 0.2) is 48.0 Å². The molecule has 0 bridgehead atoms. The van der Waals surface area contributed by atoms with Gasteiger partial charge >= 0.3 is 0 Å². The first kappa shape index (κ1) is 19.7. The Morgan fingerprint density at radius 1 is 0.964 bits per heavy atom. The predicted octanol–water partition coefficient (Wildman–Crippen LogP) is 4.23. The van der Waals surface area contributed by atoms with Crippen LogP contribution >= 0.6 is 0 Å². The minimum atomic E-state index is -0.890. The SMILES string of the molecule is O=C(NCCC1=CCCCC1)c1cccc(C(=O)Nc2c(F)cccc2F)n1. The number of nitrogens with one attached hydrogen (secondary N) is 2. The van der Waals surface area contributed by atoms with E-state index >= 15 is 0 Å². The summed E-state index contributed by atoms with van der Waals surface area (Å²) in [5, 5.41) is 4.94. The Labute approximate surface area is 161 Å². The van der Waals surface area contributed by atoms with Gasteiger partial charge in [-0.3, -0.25) is 9.59 Å². The van der Waals surface area contributed by atoms with Gasteiger partial charge in [-0.2, -0.15) is 0 Å². The van der Waals surface area contributed by atoms with E-state index in [0.29, 0.717) is 6.54 Å². The number of allylic oxidation sites excluding steroid dienone is 1. The molecule has 0 atom stereocenters. The van der Waals surface area contributed by atoms with Crippen LogP contribution in [-0.2, 0) is 0 Å². The third-order valence-corrected chi connectivity index (χ3v) is 4.53. The minimum Gasteiger partial charge on any atom is -0.350 e. The normalized spacial score (nSPS) is 13.6. The zero-order valence-corrected chi connectivity index (χ0v) is 15.3. The summed E-state index contributed by atoms with van der Waals surface area (Å²) in [6.07, 6.45) is 7.56. The number of halogens is 2. The molecule has 7 heteroatoms. The lowest BCUT2D eigenvalue weighted by atomic mass is 9.97. The van der Waals surface area contributed by atoms with Crippen LogP contribution in [0.4, 0.5) is 14.5 Å². The summed E-state index contributed by atoms with van der Waals surface area (Å²) in [5.41, 5.74) is 0.758. The lowest BCUT2D eigenvalue weighted by Crippen LogP contribution is -2.26. The van der Waals surface area contributed by atoms with Gasteiger partial charge in [-0.05, 0) is 56.4 Å². The topological polar surface area (TPSA) is 71.1 Å². The number of benzene rings is 1. The van der Waals surface area contributed by atoms with Crippen LogP contribution in [0.1, 0.15) is 53.1 Å². The van der Waals surface area contributed by atoms with Crippen molar-refractivity contribution in [3.05, 3.63) is 71.1 Å². The number of para-hydroxylation sites is 1. The second kappa shape index (κ2) is 9.21. The maximum absolute atomic E-state index is 13.7. The molecule has 1 heterocycles. The summed E-state index contributed by atoms with van der Waals surface area (Å²) < 4.78 is 27.4. The lowest BCUT2D eigenvalue weighted by Gasteiger charge is -2.13. The molecule has 0 radical (unpaired) electrons. The maximum Gasteiger partial charge on any atom is 0.274 e. The number of rotatable bonds is 6. The van der Waals surface area contributed by atoms with Crippen molar-refractivity contribution in [3.8, 4) is 0 Å². The third kappa shape index (κ3) is 5.00. The molecule has 0 unspecified atom stereocenters. The Balaban J connectivity index is 1.61. The van der Waals surface area contributed by atoms with Crippen LogP contribution in [0, 0.1) is 11.6 Å². The summed E-state index contributed by atoms with van der Waals surface area (Å²) in [5.74, 6) is -2.98. The van der Waals surface area contributed by atoms with Crippen molar-refractivity contribution < 1.29 is 18.4 Å². The molecule has 1 aromatic carbocycles. The molecule has 2 N–H and O–H groups in total. The largest absolute Gasteiger partial charge is 0.350 e.